The predicted molar refractivity (Wildman–Crippen MR) is 236 cm³/mol. The summed E-state index contributed by atoms with van der Waals surface area (Å²) in [6.45, 7) is 0. The third-order valence-corrected chi connectivity index (χ3v) is 11.3. The number of aromatic nitrogens is 1. The van der Waals surface area contributed by atoms with Gasteiger partial charge in [0.15, 0.2) is 0 Å². The number of hydrogen-bond donors (Lipinski definition) is 1. The first-order valence-electron chi connectivity index (χ1n) is 19.2. The molecule has 262 valence electrons. The van der Waals surface area contributed by atoms with Crippen LogP contribution in [-0.2, 0) is 0 Å². The van der Waals surface area contributed by atoms with E-state index in [1.54, 1.807) is 0 Å². The van der Waals surface area contributed by atoms with E-state index in [1.807, 2.05) is 18.5 Å². The van der Waals surface area contributed by atoms with E-state index in [4.69, 9.17) is 4.99 Å². The first-order chi connectivity index (χ1) is 27.7. The van der Waals surface area contributed by atoms with Gasteiger partial charge in [-0.05, 0) is 118 Å². The molecule has 2 heterocycles. The Morgan fingerprint density at radius 2 is 0.964 bits per heavy atom. The molecule has 3 heteroatoms. The summed E-state index contributed by atoms with van der Waals surface area (Å²) in [5.74, 6) is 0. The van der Waals surface area contributed by atoms with E-state index in [1.165, 1.54) is 65.0 Å². The highest BCUT2D eigenvalue weighted by Crippen LogP contribution is 2.39. The normalized spacial score (nSPS) is 14.2. The molecule has 0 aliphatic carbocycles. The highest BCUT2D eigenvalue weighted by molar-refractivity contribution is 6.25. The van der Waals surface area contributed by atoms with Gasteiger partial charge < -0.3 is 5.32 Å². The monoisotopic (exact) mass is 713 g/mol. The van der Waals surface area contributed by atoms with Crippen LogP contribution in [-0.4, -0.2) is 10.7 Å². The van der Waals surface area contributed by atoms with Gasteiger partial charge in [0.25, 0.3) is 0 Å². The molecule has 10 aromatic rings. The zero-order chi connectivity index (χ0) is 37.0. The van der Waals surface area contributed by atoms with Crippen LogP contribution in [0.4, 0.5) is 0 Å². The number of allylic oxidation sites excluding steroid dienone is 1. The van der Waals surface area contributed by atoms with Crippen LogP contribution < -0.4 is 5.32 Å². The minimum Gasteiger partial charge on any atom is -0.360 e. The van der Waals surface area contributed by atoms with E-state index in [0.717, 1.165) is 39.2 Å². The van der Waals surface area contributed by atoms with Crippen LogP contribution in [0, 0.1) is 0 Å². The lowest BCUT2D eigenvalue weighted by Crippen LogP contribution is -2.25. The second-order valence-electron chi connectivity index (χ2n) is 14.6. The van der Waals surface area contributed by atoms with Gasteiger partial charge in [-0.25, -0.2) is 0 Å². The Hall–Kier alpha value is -7.36. The zero-order valence-corrected chi connectivity index (χ0v) is 30.5. The third kappa shape index (κ3) is 5.44. The van der Waals surface area contributed by atoms with E-state index in [2.05, 4.69) is 192 Å². The smallest absolute Gasteiger partial charge is 0.145 e. The van der Waals surface area contributed by atoms with Gasteiger partial charge in [-0.3, -0.25) is 9.98 Å². The third-order valence-electron chi connectivity index (χ3n) is 11.3. The van der Waals surface area contributed by atoms with Crippen LogP contribution in [0.5, 0.6) is 0 Å². The van der Waals surface area contributed by atoms with Crippen molar-refractivity contribution >= 4 is 65.3 Å². The van der Waals surface area contributed by atoms with Gasteiger partial charge in [0.2, 0.25) is 0 Å². The minimum absolute atomic E-state index is 0.313. The number of pyridine rings is 1. The molecule has 9 aromatic carbocycles. The molecule has 0 fully saturated rings. The van der Waals surface area contributed by atoms with Crippen molar-refractivity contribution in [3.8, 4) is 22.3 Å². The Morgan fingerprint density at radius 1 is 0.393 bits per heavy atom. The van der Waals surface area contributed by atoms with Crippen molar-refractivity contribution in [2.75, 3.05) is 0 Å². The van der Waals surface area contributed by atoms with Crippen LogP contribution in [0.15, 0.2) is 205 Å². The molecule has 1 aliphatic heterocycles. The highest BCUT2D eigenvalue weighted by Gasteiger charge is 2.22. The Balaban J connectivity index is 1.08. The number of nitrogens with zero attached hydrogens (tertiary/aromatic N) is 2. The van der Waals surface area contributed by atoms with Gasteiger partial charge in [-0.15, -0.1) is 0 Å². The number of fused-ring (bicyclic) bond motifs is 9. The summed E-state index contributed by atoms with van der Waals surface area (Å²) in [4.78, 5) is 9.89. The fourth-order valence-electron chi connectivity index (χ4n) is 8.65. The Labute approximate surface area is 324 Å². The molecule has 0 saturated carbocycles. The second-order valence-corrected chi connectivity index (χ2v) is 14.6. The first-order valence-corrected chi connectivity index (χ1v) is 19.2. The highest BCUT2D eigenvalue weighted by atomic mass is 15.1. The average molecular weight is 714 g/mol. The quantitative estimate of drug-likeness (QED) is 0.180. The Kier molecular flexibility index (Phi) is 7.56. The molecule has 1 unspecified atom stereocenters. The molecule has 0 spiro atoms. The lowest BCUT2D eigenvalue weighted by molar-refractivity contribution is 0.665. The molecule has 1 atom stereocenters. The molecule has 56 heavy (non-hydrogen) atoms. The number of benzene rings is 9. The lowest BCUT2D eigenvalue weighted by Gasteiger charge is -2.26. The van der Waals surface area contributed by atoms with E-state index < -0.39 is 0 Å². The topological polar surface area (TPSA) is 37.3 Å². The molecule has 1 aliphatic rings. The molecular weight excluding hydrogens is 679 g/mol. The van der Waals surface area contributed by atoms with Gasteiger partial charge in [-0.1, -0.05) is 152 Å². The summed E-state index contributed by atoms with van der Waals surface area (Å²) in [6, 6.07) is 65.8. The molecular formula is C53H35N3. The number of nitrogens with one attached hydrogen (secondary N) is 1. The molecule has 0 radical (unpaired) electrons. The van der Waals surface area contributed by atoms with Crippen molar-refractivity contribution in [3.63, 3.8) is 0 Å². The van der Waals surface area contributed by atoms with Gasteiger partial charge in [0.05, 0.1) is 5.71 Å². The second kappa shape index (κ2) is 13.2. The fourth-order valence-corrected chi connectivity index (χ4v) is 8.65. The van der Waals surface area contributed by atoms with Crippen LogP contribution in [0.3, 0.4) is 0 Å². The van der Waals surface area contributed by atoms with Gasteiger partial charge in [0, 0.05) is 29.2 Å². The SMILES string of the molecule is C1=C(c2cccc(-c3cccnc3)c2)NC(c2ccc3c4ccccc4c4ccccc4c3c2)N=C1c1cccc(-c2cc3ccccc3c3ccccc23)c1. The Morgan fingerprint density at radius 3 is 1.70 bits per heavy atom. The molecule has 1 aromatic heterocycles. The molecule has 0 amide bonds. The summed E-state index contributed by atoms with van der Waals surface area (Å²) in [5, 5.41) is 16.4. The largest absolute Gasteiger partial charge is 0.360 e. The Bertz CT molecular complexity index is 3200. The molecule has 11 rings (SSSR count). The van der Waals surface area contributed by atoms with Gasteiger partial charge in [-0.2, -0.15) is 0 Å². The first kappa shape index (κ1) is 32.1. The van der Waals surface area contributed by atoms with E-state index in [9.17, 15) is 0 Å². The summed E-state index contributed by atoms with van der Waals surface area (Å²) >= 11 is 0. The van der Waals surface area contributed by atoms with Crippen molar-refractivity contribution in [1.82, 2.24) is 10.3 Å². The summed E-state index contributed by atoms with van der Waals surface area (Å²) < 4.78 is 0. The van der Waals surface area contributed by atoms with Crippen molar-refractivity contribution in [2.24, 2.45) is 4.99 Å². The minimum atomic E-state index is -0.313. The van der Waals surface area contributed by atoms with E-state index in [0.29, 0.717) is 0 Å². The van der Waals surface area contributed by atoms with Crippen molar-refractivity contribution < 1.29 is 0 Å². The van der Waals surface area contributed by atoms with Crippen molar-refractivity contribution in [3.05, 3.63) is 217 Å². The number of hydrogen-bond acceptors (Lipinski definition) is 3. The molecule has 0 saturated heterocycles. The van der Waals surface area contributed by atoms with Crippen LogP contribution in [0.1, 0.15) is 22.9 Å². The molecule has 3 nitrogen and oxygen atoms in total. The predicted octanol–water partition coefficient (Wildman–Crippen LogP) is 13.3. The summed E-state index contributed by atoms with van der Waals surface area (Å²) in [7, 11) is 0. The molecule has 0 bridgehead atoms. The fraction of sp³-hybridized carbons (Fsp3) is 0.0189. The number of rotatable bonds is 5. The summed E-state index contributed by atoms with van der Waals surface area (Å²) in [5.41, 5.74) is 9.83. The summed E-state index contributed by atoms with van der Waals surface area (Å²) in [6.07, 6.45) is 5.63. The maximum absolute atomic E-state index is 5.49. The standard InChI is InChI=1S/C53H35N3/c1-2-18-41-36(12-1)30-49(46-23-7-3-19-42(41)46)35-14-10-16-38(29-35)52-32-51(37-15-9-13-34(28-37)40-17-11-27-54-33-40)55-53(56-52)39-25-26-48-45-22-5-4-20-43(45)44-21-6-8-24-47(44)50(48)31-39/h1-33,53,55H. The van der Waals surface area contributed by atoms with Gasteiger partial charge in [0.1, 0.15) is 6.17 Å². The van der Waals surface area contributed by atoms with E-state index >= 15 is 0 Å². The average Bonchev–Trinajstić information content (AvgIpc) is 3.29. The van der Waals surface area contributed by atoms with Crippen molar-refractivity contribution in [2.45, 2.75) is 6.17 Å². The van der Waals surface area contributed by atoms with Crippen LogP contribution >= 0.6 is 0 Å². The maximum atomic E-state index is 5.49. The van der Waals surface area contributed by atoms with Crippen LogP contribution in [0.2, 0.25) is 0 Å². The zero-order valence-electron chi connectivity index (χ0n) is 30.5. The van der Waals surface area contributed by atoms with Gasteiger partial charge >= 0.3 is 0 Å². The molecule has 1 N–H and O–H groups in total. The lowest BCUT2D eigenvalue weighted by atomic mass is 9.91. The van der Waals surface area contributed by atoms with Crippen LogP contribution in [0.25, 0.3) is 81.8 Å². The van der Waals surface area contributed by atoms with E-state index in [-0.39, 0.29) is 6.17 Å². The number of aliphatic imine (C=N–C) groups is 1. The van der Waals surface area contributed by atoms with Crippen molar-refractivity contribution in [1.29, 1.82) is 0 Å². The maximum Gasteiger partial charge on any atom is 0.145 e.